The van der Waals surface area contributed by atoms with E-state index in [1.807, 2.05) is 0 Å². The summed E-state index contributed by atoms with van der Waals surface area (Å²) in [6.45, 7) is 2.82. The van der Waals surface area contributed by atoms with E-state index < -0.39 is 23.5 Å². The van der Waals surface area contributed by atoms with Gasteiger partial charge in [0.2, 0.25) is 0 Å². The fraction of sp³-hybridized carbons (Fsp3) is 0.290. The molecule has 4 rings (SSSR count). The Balaban J connectivity index is 1.52. The van der Waals surface area contributed by atoms with Crippen molar-refractivity contribution in [3.05, 3.63) is 83.7 Å². The molecule has 0 unspecified atom stereocenters. The second kappa shape index (κ2) is 12.3. The summed E-state index contributed by atoms with van der Waals surface area (Å²) in [7, 11) is 0. The van der Waals surface area contributed by atoms with Crippen LogP contribution in [0.5, 0.6) is 5.75 Å². The number of nitrogens with zero attached hydrogens (tertiary/aromatic N) is 1. The topological polar surface area (TPSA) is 59.4 Å². The molecule has 0 aliphatic heterocycles. The van der Waals surface area contributed by atoms with Gasteiger partial charge >= 0.3 is 12.1 Å². The van der Waals surface area contributed by atoms with Crippen molar-refractivity contribution in [3.63, 3.8) is 0 Å². The molecule has 8 heteroatoms. The van der Waals surface area contributed by atoms with Crippen molar-refractivity contribution >= 4 is 16.9 Å². The van der Waals surface area contributed by atoms with E-state index in [1.165, 1.54) is 31.7 Å². The molecule has 0 atom stereocenters. The van der Waals surface area contributed by atoms with Crippen LogP contribution in [0.2, 0.25) is 0 Å². The highest BCUT2D eigenvalue weighted by Gasteiger charge is 2.31. The van der Waals surface area contributed by atoms with Crippen LogP contribution in [0.3, 0.4) is 0 Å². The molecule has 0 saturated carbocycles. The number of ether oxygens (including phenoxy) is 1. The van der Waals surface area contributed by atoms with Gasteiger partial charge in [0, 0.05) is 16.5 Å². The fourth-order valence-corrected chi connectivity index (χ4v) is 4.44. The molecule has 4 aromatic rings. The van der Waals surface area contributed by atoms with E-state index in [2.05, 4.69) is 11.9 Å². The zero-order valence-electron chi connectivity index (χ0n) is 21.5. The number of carboxylic acid groups (broad SMARTS) is 1. The van der Waals surface area contributed by atoms with E-state index in [4.69, 9.17) is 4.74 Å². The highest BCUT2D eigenvalue weighted by atomic mass is 19.4. The third-order valence-corrected chi connectivity index (χ3v) is 6.56. The Morgan fingerprint density at radius 2 is 1.56 bits per heavy atom. The van der Waals surface area contributed by atoms with Crippen molar-refractivity contribution in [2.75, 3.05) is 6.61 Å². The first-order chi connectivity index (χ1) is 18.7. The number of carboxylic acids is 1. The van der Waals surface area contributed by atoms with E-state index in [-0.39, 0.29) is 22.2 Å². The molecule has 0 spiro atoms. The number of benzene rings is 3. The Hall–Kier alpha value is -3.94. The van der Waals surface area contributed by atoms with E-state index >= 15 is 4.39 Å². The lowest BCUT2D eigenvalue weighted by molar-refractivity contribution is -0.137. The lowest BCUT2D eigenvalue weighted by Crippen LogP contribution is -2.06. The molecule has 1 aromatic heterocycles. The number of carbonyl (C=O) groups is 1. The van der Waals surface area contributed by atoms with Crippen LogP contribution < -0.4 is 4.74 Å². The minimum Gasteiger partial charge on any atom is -0.494 e. The van der Waals surface area contributed by atoms with Gasteiger partial charge in [0.15, 0.2) is 0 Å². The monoisotopic (exact) mass is 539 g/mol. The summed E-state index contributed by atoms with van der Waals surface area (Å²) >= 11 is 0. The highest BCUT2D eigenvalue weighted by Crippen LogP contribution is 2.34. The molecule has 1 N–H and O–H groups in total. The van der Waals surface area contributed by atoms with E-state index in [9.17, 15) is 23.1 Å². The number of alkyl halides is 3. The van der Waals surface area contributed by atoms with Crippen LogP contribution in [-0.4, -0.2) is 22.7 Å². The van der Waals surface area contributed by atoms with Gasteiger partial charge in [-0.2, -0.15) is 13.2 Å². The van der Waals surface area contributed by atoms with Crippen LogP contribution >= 0.6 is 0 Å². The van der Waals surface area contributed by atoms with Gasteiger partial charge in [0.1, 0.15) is 11.6 Å². The molecule has 0 bridgehead atoms. The molecule has 39 heavy (non-hydrogen) atoms. The largest absolute Gasteiger partial charge is 0.494 e. The second-order valence-corrected chi connectivity index (χ2v) is 9.43. The van der Waals surface area contributed by atoms with Gasteiger partial charge in [0.05, 0.1) is 28.9 Å². The fourth-order valence-electron chi connectivity index (χ4n) is 4.44. The average Bonchev–Trinajstić information content (AvgIpc) is 2.91. The van der Waals surface area contributed by atoms with Gasteiger partial charge in [-0.3, -0.25) is 0 Å². The summed E-state index contributed by atoms with van der Waals surface area (Å²) < 4.78 is 60.4. The van der Waals surface area contributed by atoms with Crippen LogP contribution in [0.1, 0.15) is 61.4 Å². The first-order valence-electron chi connectivity index (χ1n) is 13.0. The zero-order chi connectivity index (χ0) is 28.0. The molecule has 0 fully saturated rings. The maximum Gasteiger partial charge on any atom is 0.416 e. The van der Waals surface area contributed by atoms with Crippen molar-refractivity contribution in [2.45, 2.75) is 51.6 Å². The van der Waals surface area contributed by atoms with Crippen molar-refractivity contribution in [1.82, 2.24) is 4.98 Å². The SMILES string of the molecule is CCCCCCCCOc1ccc(-c2ccc(-c3cc(C(=O)O)c4cc(C(F)(F)F)ccc4n3)cc2F)cc1. The second-order valence-electron chi connectivity index (χ2n) is 9.43. The molecule has 0 saturated heterocycles. The maximum absolute atomic E-state index is 15.2. The van der Waals surface area contributed by atoms with Crippen LogP contribution in [0.25, 0.3) is 33.3 Å². The van der Waals surface area contributed by atoms with Crippen molar-refractivity contribution in [1.29, 1.82) is 0 Å². The van der Waals surface area contributed by atoms with Crippen molar-refractivity contribution in [3.8, 4) is 28.1 Å². The summed E-state index contributed by atoms with van der Waals surface area (Å²) in [5, 5.41) is 9.49. The van der Waals surface area contributed by atoms with E-state index in [0.717, 1.165) is 37.1 Å². The predicted molar refractivity (Wildman–Crippen MR) is 143 cm³/mol. The molecule has 4 nitrogen and oxygen atoms in total. The number of hydrogen-bond donors (Lipinski definition) is 1. The van der Waals surface area contributed by atoms with Crippen molar-refractivity contribution < 1.29 is 32.2 Å². The Morgan fingerprint density at radius 1 is 0.872 bits per heavy atom. The Morgan fingerprint density at radius 3 is 2.23 bits per heavy atom. The quantitative estimate of drug-likeness (QED) is 0.152. The predicted octanol–water partition coefficient (Wildman–Crippen LogP) is 9.16. The van der Waals surface area contributed by atoms with Gasteiger partial charge < -0.3 is 9.84 Å². The number of aromatic nitrogens is 1. The van der Waals surface area contributed by atoms with Gasteiger partial charge in [-0.25, -0.2) is 14.2 Å². The molecule has 0 radical (unpaired) electrons. The lowest BCUT2D eigenvalue weighted by atomic mass is 9.99. The number of hydrogen-bond acceptors (Lipinski definition) is 3. The number of rotatable bonds is 11. The Bertz CT molecular complexity index is 1450. The maximum atomic E-state index is 15.2. The third-order valence-electron chi connectivity index (χ3n) is 6.56. The first kappa shape index (κ1) is 28.1. The van der Waals surface area contributed by atoms with Crippen molar-refractivity contribution in [2.24, 2.45) is 0 Å². The number of halogens is 4. The highest BCUT2D eigenvalue weighted by molar-refractivity contribution is 6.04. The number of pyridine rings is 1. The number of unbranched alkanes of at least 4 members (excludes halogenated alkanes) is 5. The van der Waals surface area contributed by atoms with E-state index in [1.54, 1.807) is 36.4 Å². The van der Waals surface area contributed by atoms with Gasteiger partial charge in [0.25, 0.3) is 0 Å². The van der Waals surface area contributed by atoms with Crippen LogP contribution in [0.15, 0.2) is 66.7 Å². The van der Waals surface area contributed by atoms with Gasteiger partial charge in [-0.05, 0) is 54.4 Å². The van der Waals surface area contributed by atoms with Crippen LogP contribution in [0.4, 0.5) is 17.6 Å². The Labute approximate surface area is 224 Å². The molecular formula is C31H29F4NO3. The Kier molecular flexibility index (Phi) is 8.84. The molecule has 1 heterocycles. The lowest BCUT2D eigenvalue weighted by Gasteiger charge is -2.12. The molecule has 204 valence electrons. The normalized spacial score (nSPS) is 11.6. The average molecular weight is 540 g/mol. The summed E-state index contributed by atoms with van der Waals surface area (Å²) in [6, 6.07) is 15.4. The van der Waals surface area contributed by atoms with Crippen LogP contribution in [0, 0.1) is 5.82 Å². The summed E-state index contributed by atoms with van der Waals surface area (Å²) in [5.74, 6) is -1.24. The van der Waals surface area contributed by atoms with E-state index in [0.29, 0.717) is 29.0 Å². The minimum atomic E-state index is -4.63. The molecule has 0 aliphatic rings. The summed E-state index contributed by atoms with van der Waals surface area (Å²) in [6.07, 6.45) is 2.41. The molecule has 3 aromatic carbocycles. The first-order valence-corrected chi connectivity index (χ1v) is 13.0. The number of fused-ring (bicyclic) bond motifs is 1. The smallest absolute Gasteiger partial charge is 0.416 e. The minimum absolute atomic E-state index is 0.0685. The van der Waals surface area contributed by atoms with Gasteiger partial charge in [-0.1, -0.05) is 63.3 Å². The standard InChI is InChI=1S/C31H29F4NO3/c1-2-3-4-5-6-7-16-39-23-12-8-20(9-13-23)24-14-10-21(17-27(24)32)29-19-26(30(37)38)25-18-22(31(33,34)35)11-15-28(25)36-29/h8-15,17-19H,2-7,16H2,1H3,(H,37,38). The third kappa shape index (κ3) is 6.93. The molecule has 0 amide bonds. The summed E-state index contributed by atoms with van der Waals surface area (Å²) in [5.41, 5.74) is 0.184. The molecule has 0 aliphatic carbocycles. The number of aromatic carboxylic acids is 1. The van der Waals surface area contributed by atoms with Gasteiger partial charge in [-0.15, -0.1) is 0 Å². The summed E-state index contributed by atoms with van der Waals surface area (Å²) in [4.78, 5) is 16.1. The van der Waals surface area contributed by atoms with Crippen LogP contribution in [-0.2, 0) is 6.18 Å². The molecular weight excluding hydrogens is 510 g/mol. The zero-order valence-corrected chi connectivity index (χ0v) is 21.5.